The highest BCUT2D eigenvalue weighted by molar-refractivity contribution is 7.07. The van der Waals surface area contributed by atoms with Crippen LogP contribution in [0.25, 0.3) is 6.08 Å². The number of allylic oxidation sites excluding steroid dienone is 1. The number of hydrogen-bond acceptors (Lipinski definition) is 7. The van der Waals surface area contributed by atoms with Crippen LogP contribution in [0.5, 0.6) is 11.5 Å². The summed E-state index contributed by atoms with van der Waals surface area (Å²) >= 11 is 1.30. The van der Waals surface area contributed by atoms with Gasteiger partial charge in [0.05, 0.1) is 41.7 Å². The third-order valence-electron chi connectivity index (χ3n) is 6.05. The van der Waals surface area contributed by atoms with E-state index in [2.05, 4.69) is 18.8 Å². The number of fused-ring (bicyclic) bond motifs is 1. The van der Waals surface area contributed by atoms with Crippen molar-refractivity contribution >= 4 is 23.4 Å². The summed E-state index contributed by atoms with van der Waals surface area (Å²) < 4.78 is 19.2. The predicted molar refractivity (Wildman–Crippen MR) is 150 cm³/mol. The Hall–Kier alpha value is -3.65. The average Bonchev–Trinajstić information content (AvgIpc) is 3.17. The van der Waals surface area contributed by atoms with E-state index < -0.39 is 12.0 Å². The number of aromatic nitrogens is 1. The van der Waals surface area contributed by atoms with E-state index in [4.69, 9.17) is 14.2 Å². The second-order valence-corrected chi connectivity index (χ2v) is 10.6. The van der Waals surface area contributed by atoms with Crippen LogP contribution in [-0.2, 0) is 9.53 Å². The Labute approximate surface area is 226 Å². The van der Waals surface area contributed by atoms with Gasteiger partial charge in [-0.05, 0) is 62.9 Å². The van der Waals surface area contributed by atoms with Crippen molar-refractivity contribution in [1.29, 1.82) is 0 Å². The van der Waals surface area contributed by atoms with E-state index in [1.165, 1.54) is 11.3 Å². The molecule has 0 spiro atoms. The molecule has 1 atom stereocenters. The van der Waals surface area contributed by atoms with Crippen LogP contribution in [0.4, 0.5) is 0 Å². The molecule has 0 aliphatic carbocycles. The maximum Gasteiger partial charge on any atom is 0.338 e. The summed E-state index contributed by atoms with van der Waals surface area (Å²) in [6.07, 6.45) is 1.83. The second-order valence-electron chi connectivity index (χ2n) is 9.56. The summed E-state index contributed by atoms with van der Waals surface area (Å²) in [5.74, 6) is 1.22. The van der Waals surface area contributed by atoms with E-state index in [1.54, 1.807) is 18.4 Å². The molecule has 1 aliphatic heterocycles. The molecule has 8 heteroatoms. The lowest BCUT2D eigenvalue weighted by Crippen LogP contribution is -2.39. The van der Waals surface area contributed by atoms with Crippen LogP contribution in [0, 0.1) is 12.8 Å². The number of ether oxygens (including phenoxy) is 3. The summed E-state index contributed by atoms with van der Waals surface area (Å²) in [6, 6.07) is 12.9. The van der Waals surface area contributed by atoms with Crippen LogP contribution in [-0.4, -0.2) is 30.4 Å². The highest BCUT2D eigenvalue weighted by atomic mass is 32.1. The fraction of sp³-hybridized carbons (Fsp3) is 0.367. The second kappa shape index (κ2) is 11.8. The van der Waals surface area contributed by atoms with Crippen molar-refractivity contribution in [3.8, 4) is 11.5 Å². The quantitative estimate of drug-likeness (QED) is 0.377. The molecule has 0 unspecified atom stereocenters. The summed E-state index contributed by atoms with van der Waals surface area (Å²) in [5.41, 5.74) is 3.43. The fourth-order valence-corrected chi connectivity index (χ4v) is 5.31. The Kier molecular flexibility index (Phi) is 8.52. The zero-order valence-electron chi connectivity index (χ0n) is 22.7. The van der Waals surface area contributed by atoms with E-state index in [0.29, 0.717) is 51.2 Å². The number of carbonyl (C=O) groups is 1. The van der Waals surface area contributed by atoms with Crippen LogP contribution in [0.15, 0.2) is 63.5 Å². The van der Waals surface area contributed by atoms with E-state index in [-0.39, 0.29) is 12.2 Å². The first-order chi connectivity index (χ1) is 18.2. The fourth-order valence-electron chi connectivity index (χ4n) is 4.27. The molecule has 0 N–H and O–H groups in total. The van der Waals surface area contributed by atoms with Gasteiger partial charge in [0, 0.05) is 0 Å². The summed E-state index contributed by atoms with van der Waals surface area (Å²) in [4.78, 5) is 32.0. The van der Waals surface area contributed by atoms with Crippen LogP contribution in [0.2, 0.25) is 0 Å². The van der Waals surface area contributed by atoms with Gasteiger partial charge in [0.15, 0.2) is 16.3 Å². The molecule has 0 saturated carbocycles. The molecule has 4 rings (SSSR count). The Bertz CT molecular complexity index is 1530. The Morgan fingerprint density at radius 1 is 1.05 bits per heavy atom. The zero-order chi connectivity index (χ0) is 27.4. The van der Waals surface area contributed by atoms with Crippen LogP contribution >= 0.6 is 11.3 Å². The van der Waals surface area contributed by atoms with Crippen molar-refractivity contribution in [3.05, 3.63) is 90.1 Å². The Morgan fingerprint density at radius 2 is 1.79 bits per heavy atom. The molecule has 7 nitrogen and oxygen atoms in total. The smallest absolute Gasteiger partial charge is 0.338 e. The van der Waals surface area contributed by atoms with Gasteiger partial charge in [-0.15, -0.1) is 0 Å². The first-order valence-corrected chi connectivity index (χ1v) is 13.7. The van der Waals surface area contributed by atoms with Gasteiger partial charge in [-0.3, -0.25) is 9.36 Å². The minimum atomic E-state index is -0.626. The molecule has 1 aliphatic rings. The molecule has 38 heavy (non-hydrogen) atoms. The molecule has 2 heterocycles. The number of esters is 1. The van der Waals surface area contributed by atoms with Gasteiger partial charge < -0.3 is 14.2 Å². The highest BCUT2D eigenvalue weighted by Crippen LogP contribution is 2.31. The maximum absolute atomic E-state index is 13.8. The summed E-state index contributed by atoms with van der Waals surface area (Å²) in [5, 5.41) is 0. The van der Waals surface area contributed by atoms with Crippen molar-refractivity contribution in [1.82, 2.24) is 4.57 Å². The van der Waals surface area contributed by atoms with Gasteiger partial charge in [-0.1, -0.05) is 61.1 Å². The van der Waals surface area contributed by atoms with Crippen LogP contribution in [0.3, 0.4) is 0 Å². The van der Waals surface area contributed by atoms with Crippen molar-refractivity contribution in [2.24, 2.45) is 10.9 Å². The van der Waals surface area contributed by atoms with Gasteiger partial charge >= 0.3 is 5.97 Å². The lowest BCUT2D eigenvalue weighted by Gasteiger charge is -2.24. The first kappa shape index (κ1) is 27.4. The molecule has 1 aromatic heterocycles. The molecule has 0 fully saturated rings. The van der Waals surface area contributed by atoms with Crippen molar-refractivity contribution < 1.29 is 19.0 Å². The molecule has 0 amide bonds. The minimum Gasteiger partial charge on any atom is -0.490 e. The number of aryl methyl sites for hydroxylation is 1. The summed E-state index contributed by atoms with van der Waals surface area (Å²) in [6.45, 7) is 13.0. The standard InChI is InChI=1S/C30H34N2O5S/c1-7-35-24-15-21(11-14-23(24)37-17-18(3)4)16-25-28(33)32-27(22-12-9-19(5)10-13-22)26(29(34)36-8-2)20(6)31-30(32)38-25/h9-16,18,27H,7-8,17H2,1-6H3/b25-16+/t27-/m0/s1. The lowest BCUT2D eigenvalue weighted by molar-refractivity contribution is -0.139. The Balaban J connectivity index is 1.84. The van der Waals surface area contributed by atoms with Gasteiger partial charge in [-0.2, -0.15) is 0 Å². The largest absolute Gasteiger partial charge is 0.490 e. The SMILES string of the molecule is CCOC(=O)C1=C(C)N=c2s/c(=C/c3ccc(OCC(C)C)c(OCC)c3)c(=O)n2[C@H]1c1ccc(C)cc1. The van der Waals surface area contributed by atoms with Crippen molar-refractivity contribution in [2.75, 3.05) is 19.8 Å². The van der Waals surface area contributed by atoms with Crippen molar-refractivity contribution in [3.63, 3.8) is 0 Å². The molecule has 200 valence electrons. The predicted octanol–water partition coefficient (Wildman–Crippen LogP) is 4.54. The number of carbonyl (C=O) groups excluding carboxylic acids is 1. The third kappa shape index (κ3) is 5.75. The minimum absolute atomic E-state index is 0.216. The highest BCUT2D eigenvalue weighted by Gasteiger charge is 2.33. The monoisotopic (exact) mass is 534 g/mol. The van der Waals surface area contributed by atoms with E-state index in [0.717, 1.165) is 16.7 Å². The van der Waals surface area contributed by atoms with Gasteiger partial charge in [0.25, 0.3) is 5.56 Å². The molecular weight excluding hydrogens is 500 g/mol. The number of hydrogen-bond donors (Lipinski definition) is 0. The maximum atomic E-state index is 13.8. The van der Waals surface area contributed by atoms with Gasteiger partial charge in [0.1, 0.15) is 0 Å². The third-order valence-corrected chi connectivity index (χ3v) is 7.03. The lowest BCUT2D eigenvalue weighted by atomic mass is 9.95. The first-order valence-electron chi connectivity index (χ1n) is 12.9. The number of nitrogens with zero attached hydrogens (tertiary/aromatic N) is 2. The number of rotatable bonds is 9. The topological polar surface area (TPSA) is 79.1 Å². The van der Waals surface area contributed by atoms with Crippen LogP contribution < -0.4 is 24.4 Å². The zero-order valence-corrected chi connectivity index (χ0v) is 23.6. The van der Waals surface area contributed by atoms with Crippen LogP contribution in [0.1, 0.15) is 57.4 Å². The van der Waals surface area contributed by atoms with E-state index >= 15 is 0 Å². The normalized spacial score (nSPS) is 15.3. The van der Waals surface area contributed by atoms with Gasteiger partial charge in [0.2, 0.25) is 0 Å². The molecule has 0 radical (unpaired) electrons. The number of thiazole rings is 1. The molecular formula is C30H34N2O5S. The average molecular weight is 535 g/mol. The summed E-state index contributed by atoms with van der Waals surface area (Å²) in [7, 11) is 0. The van der Waals surface area contributed by atoms with Gasteiger partial charge in [-0.25, -0.2) is 9.79 Å². The van der Waals surface area contributed by atoms with E-state index in [1.807, 2.05) is 62.4 Å². The Morgan fingerprint density at radius 3 is 2.45 bits per heavy atom. The molecule has 0 bridgehead atoms. The molecule has 2 aromatic carbocycles. The number of benzene rings is 2. The molecule has 3 aromatic rings. The molecule has 0 saturated heterocycles. The van der Waals surface area contributed by atoms with Crippen molar-refractivity contribution in [2.45, 2.75) is 47.6 Å². The van der Waals surface area contributed by atoms with E-state index in [9.17, 15) is 9.59 Å².